The van der Waals surface area contributed by atoms with Gasteiger partial charge in [-0.1, -0.05) is 30.0 Å². The average molecular weight is 283 g/mol. The Kier molecular flexibility index (Phi) is 5.16. The number of nitriles is 2. The van der Waals surface area contributed by atoms with E-state index in [1.807, 2.05) is 30.3 Å². The third-order valence-corrected chi connectivity index (χ3v) is 3.71. The highest BCUT2D eigenvalue weighted by Gasteiger charge is 2.10. The molecule has 2 rings (SSSR count). The SMILES string of the molecule is N#CCCC(C#N)CSc1ncn(-c2ccccc2)n1. The van der Waals surface area contributed by atoms with Crippen molar-refractivity contribution in [2.75, 3.05) is 5.75 Å². The van der Waals surface area contributed by atoms with E-state index in [0.29, 0.717) is 23.8 Å². The summed E-state index contributed by atoms with van der Waals surface area (Å²) in [6, 6.07) is 14.0. The first-order valence-corrected chi connectivity index (χ1v) is 7.18. The van der Waals surface area contributed by atoms with E-state index in [-0.39, 0.29) is 5.92 Å². The summed E-state index contributed by atoms with van der Waals surface area (Å²) in [5.74, 6) is 0.472. The Bertz CT molecular complexity index is 623. The lowest BCUT2D eigenvalue weighted by atomic mass is 10.1. The summed E-state index contributed by atoms with van der Waals surface area (Å²) in [6.07, 6.45) is 2.67. The van der Waals surface area contributed by atoms with Gasteiger partial charge in [0, 0.05) is 12.2 Å². The molecule has 0 saturated heterocycles. The molecular formula is C14H13N5S. The smallest absolute Gasteiger partial charge is 0.208 e. The molecule has 2 aromatic rings. The summed E-state index contributed by atoms with van der Waals surface area (Å²) in [5, 5.41) is 22.5. The molecule has 0 fully saturated rings. The summed E-state index contributed by atoms with van der Waals surface area (Å²) < 4.78 is 1.71. The molecule has 0 N–H and O–H groups in total. The number of para-hydroxylation sites is 1. The van der Waals surface area contributed by atoms with E-state index >= 15 is 0 Å². The van der Waals surface area contributed by atoms with Gasteiger partial charge in [-0.15, -0.1) is 5.10 Å². The summed E-state index contributed by atoms with van der Waals surface area (Å²) >= 11 is 1.44. The predicted molar refractivity (Wildman–Crippen MR) is 76.0 cm³/mol. The fraction of sp³-hybridized carbons (Fsp3) is 0.286. The van der Waals surface area contributed by atoms with Crippen molar-refractivity contribution in [2.24, 2.45) is 5.92 Å². The topological polar surface area (TPSA) is 78.3 Å². The molecular weight excluding hydrogens is 270 g/mol. The van der Waals surface area contributed by atoms with Crippen LogP contribution in [0, 0.1) is 28.6 Å². The van der Waals surface area contributed by atoms with Crippen molar-refractivity contribution < 1.29 is 0 Å². The van der Waals surface area contributed by atoms with Crippen molar-refractivity contribution in [2.45, 2.75) is 18.0 Å². The Hall–Kier alpha value is -2.31. The lowest BCUT2D eigenvalue weighted by molar-refractivity contribution is 0.684. The molecule has 1 atom stereocenters. The highest BCUT2D eigenvalue weighted by molar-refractivity contribution is 7.99. The molecule has 6 heteroatoms. The molecule has 1 aromatic carbocycles. The van der Waals surface area contributed by atoms with E-state index in [1.165, 1.54) is 11.8 Å². The first-order valence-electron chi connectivity index (χ1n) is 6.20. The highest BCUT2D eigenvalue weighted by Crippen LogP contribution is 2.19. The van der Waals surface area contributed by atoms with Crippen LogP contribution in [0.25, 0.3) is 5.69 Å². The molecule has 1 unspecified atom stereocenters. The molecule has 0 aliphatic heterocycles. The van der Waals surface area contributed by atoms with Crippen LogP contribution in [-0.2, 0) is 0 Å². The molecule has 0 saturated carbocycles. The Morgan fingerprint density at radius 2 is 2.05 bits per heavy atom. The van der Waals surface area contributed by atoms with Gasteiger partial charge >= 0.3 is 0 Å². The van der Waals surface area contributed by atoms with Crippen LogP contribution >= 0.6 is 11.8 Å². The van der Waals surface area contributed by atoms with Crippen molar-refractivity contribution in [3.63, 3.8) is 0 Å². The van der Waals surface area contributed by atoms with Crippen molar-refractivity contribution >= 4 is 11.8 Å². The lowest BCUT2D eigenvalue weighted by Crippen LogP contribution is -2.00. The zero-order chi connectivity index (χ0) is 14.2. The number of aromatic nitrogens is 3. The Morgan fingerprint density at radius 3 is 2.75 bits per heavy atom. The fourth-order valence-corrected chi connectivity index (χ4v) is 2.48. The minimum absolute atomic E-state index is 0.136. The number of nitrogens with zero attached hydrogens (tertiary/aromatic N) is 5. The van der Waals surface area contributed by atoms with Crippen LogP contribution in [0.2, 0.25) is 0 Å². The molecule has 0 bridgehead atoms. The van der Waals surface area contributed by atoms with Crippen LogP contribution in [0.3, 0.4) is 0 Å². The third-order valence-electron chi connectivity index (χ3n) is 2.69. The number of rotatable bonds is 6. The summed E-state index contributed by atoms with van der Waals surface area (Å²) in [5.41, 5.74) is 0.952. The van der Waals surface area contributed by atoms with Gasteiger partial charge < -0.3 is 0 Å². The Labute approximate surface area is 121 Å². The van der Waals surface area contributed by atoms with Crippen LogP contribution in [0.15, 0.2) is 41.8 Å². The Morgan fingerprint density at radius 1 is 1.25 bits per heavy atom. The van der Waals surface area contributed by atoms with Gasteiger partial charge in [0.2, 0.25) is 5.16 Å². The normalized spacial score (nSPS) is 11.5. The number of thioether (sulfide) groups is 1. The van der Waals surface area contributed by atoms with Crippen LogP contribution in [0.5, 0.6) is 0 Å². The largest absolute Gasteiger partial charge is 0.220 e. The van der Waals surface area contributed by atoms with E-state index in [2.05, 4.69) is 22.2 Å². The highest BCUT2D eigenvalue weighted by atomic mass is 32.2. The van der Waals surface area contributed by atoms with E-state index < -0.39 is 0 Å². The van der Waals surface area contributed by atoms with Gasteiger partial charge in [0.15, 0.2) is 0 Å². The maximum Gasteiger partial charge on any atom is 0.208 e. The first kappa shape index (κ1) is 14.1. The summed E-state index contributed by atoms with van der Waals surface area (Å²) in [6.45, 7) is 0. The monoisotopic (exact) mass is 283 g/mol. The van der Waals surface area contributed by atoms with Gasteiger partial charge in [0.1, 0.15) is 6.33 Å². The minimum atomic E-state index is -0.136. The second-order valence-corrected chi connectivity index (χ2v) is 5.13. The van der Waals surface area contributed by atoms with Crippen molar-refractivity contribution in [1.29, 1.82) is 10.5 Å². The standard InChI is InChI=1S/C14H13N5S/c15-8-4-5-12(9-16)10-20-14-17-11-19(18-14)13-6-2-1-3-7-13/h1-3,6-7,11-12H,4-5,10H2. The number of benzene rings is 1. The van der Waals surface area contributed by atoms with E-state index in [1.54, 1.807) is 11.0 Å². The van der Waals surface area contributed by atoms with Crippen LogP contribution in [-0.4, -0.2) is 20.5 Å². The molecule has 0 spiro atoms. The zero-order valence-electron chi connectivity index (χ0n) is 10.8. The molecule has 0 amide bonds. The van der Waals surface area contributed by atoms with Gasteiger partial charge in [0.05, 0.1) is 23.7 Å². The van der Waals surface area contributed by atoms with Gasteiger partial charge in [-0.25, -0.2) is 9.67 Å². The maximum atomic E-state index is 9.00. The van der Waals surface area contributed by atoms with Crippen LogP contribution < -0.4 is 0 Å². The fourth-order valence-electron chi connectivity index (χ4n) is 1.62. The van der Waals surface area contributed by atoms with E-state index in [9.17, 15) is 0 Å². The second-order valence-electron chi connectivity index (χ2n) is 4.14. The molecule has 0 radical (unpaired) electrons. The Balaban J connectivity index is 1.94. The summed E-state index contributed by atoms with van der Waals surface area (Å²) in [7, 11) is 0. The number of hydrogen-bond acceptors (Lipinski definition) is 5. The minimum Gasteiger partial charge on any atom is -0.220 e. The zero-order valence-corrected chi connectivity index (χ0v) is 11.6. The van der Waals surface area contributed by atoms with Gasteiger partial charge in [-0.2, -0.15) is 10.5 Å². The van der Waals surface area contributed by atoms with Crippen LogP contribution in [0.4, 0.5) is 0 Å². The van der Waals surface area contributed by atoms with Gasteiger partial charge in [0.25, 0.3) is 0 Å². The molecule has 1 heterocycles. The first-order chi connectivity index (χ1) is 9.83. The average Bonchev–Trinajstić information content (AvgIpc) is 2.97. The van der Waals surface area contributed by atoms with Crippen molar-refractivity contribution in [3.05, 3.63) is 36.7 Å². The van der Waals surface area contributed by atoms with E-state index in [4.69, 9.17) is 10.5 Å². The maximum absolute atomic E-state index is 9.00. The van der Waals surface area contributed by atoms with Gasteiger partial charge in [-0.3, -0.25) is 0 Å². The van der Waals surface area contributed by atoms with Crippen molar-refractivity contribution in [1.82, 2.24) is 14.8 Å². The molecule has 0 aliphatic carbocycles. The van der Waals surface area contributed by atoms with Crippen LogP contribution in [0.1, 0.15) is 12.8 Å². The quantitative estimate of drug-likeness (QED) is 0.762. The molecule has 20 heavy (non-hydrogen) atoms. The van der Waals surface area contributed by atoms with E-state index in [0.717, 1.165) is 5.69 Å². The molecule has 5 nitrogen and oxygen atoms in total. The second kappa shape index (κ2) is 7.32. The lowest BCUT2D eigenvalue weighted by Gasteiger charge is -2.03. The predicted octanol–water partition coefficient (Wildman–Crippen LogP) is 2.80. The summed E-state index contributed by atoms with van der Waals surface area (Å²) in [4.78, 5) is 4.22. The molecule has 100 valence electrons. The van der Waals surface area contributed by atoms with Crippen molar-refractivity contribution in [3.8, 4) is 17.8 Å². The van der Waals surface area contributed by atoms with Gasteiger partial charge in [-0.05, 0) is 18.6 Å². The molecule has 0 aliphatic rings. The third kappa shape index (κ3) is 3.84. The molecule has 1 aromatic heterocycles. The number of hydrogen-bond donors (Lipinski definition) is 0.